The molecule has 0 fully saturated rings. The van der Waals surface area contributed by atoms with Crippen LogP contribution >= 0.6 is 0 Å². The van der Waals surface area contributed by atoms with Gasteiger partial charge in [-0.2, -0.15) is 0 Å². The second kappa shape index (κ2) is 6.01. The Labute approximate surface area is 143 Å². The third-order valence-corrected chi connectivity index (χ3v) is 4.65. The largest absolute Gasteiger partial charge is 0.488 e. The van der Waals surface area contributed by atoms with E-state index in [1.54, 1.807) is 0 Å². The third-order valence-electron chi connectivity index (χ3n) is 4.65. The van der Waals surface area contributed by atoms with Gasteiger partial charge in [-0.15, -0.1) is 0 Å². The van der Waals surface area contributed by atoms with Crippen molar-refractivity contribution in [3.63, 3.8) is 0 Å². The van der Waals surface area contributed by atoms with Crippen molar-refractivity contribution in [2.75, 3.05) is 0 Å². The Morgan fingerprint density at radius 3 is 2.42 bits per heavy atom. The molecule has 1 heterocycles. The fourth-order valence-electron chi connectivity index (χ4n) is 3.42. The fraction of sp³-hybridized carbons (Fsp3) is 0.130. The quantitative estimate of drug-likeness (QED) is 0.546. The van der Waals surface area contributed by atoms with E-state index in [4.69, 9.17) is 4.74 Å². The molecular weight excluding hydrogens is 292 g/mol. The van der Waals surface area contributed by atoms with Gasteiger partial charge in [-0.05, 0) is 47.8 Å². The standard InChI is InChI=1S/C23H20O/c1-16-8-7-10-18(14-16)17(2)23-20-11-4-3-9-19(20)15-24-22-13-6-5-12-21(22)23/h3-14H,15H2,1-2H3/b23-17+. The van der Waals surface area contributed by atoms with Gasteiger partial charge in [-0.25, -0.2) is 0 Å². The van der Waals surface area contributed by atoms with Crippen molar-refractivity contribution < 1.29 is 4.74 Å². The fourth-order valence-corrected chi connectivity index (χ4v) is 3.42. The second-order valence-corrected chi connectivity index (χ2v) is 6.31. The van der Waals surface area contributed by atoms with Gasteiger partial charge < -0.3 is 4.74 Å². The zero-order valence-corrected chi connectivity index (χ0v) is 14.0. The number of hydrogen-bond donors (Lipinski definition) is 0. The lowest BCUT2D eigenvalue weighted by Gasteiger charge is -2.15. The summed E-state index contributed by atoms with van der Waals surface area (Å²) in [6.07, 6.45) is 0. The summed E-state index contributed by atoms with van der Waals surface area (Å²) < 4.78 is 6.08. The third kappa shape index (κ3) is 2.52. The molecule has 0 amide bonds. The molecule has 118 valence electrons. The molecule has 1 nitrogen and oxygen atoms in total. The molecule has 3 aromatic carbocycles. The van der Waals surface area contributed by atoms with Gasteiger partial charge in [-0.3, -0.25) is 0 Å². The number of aryl methyl sites for hydroxylation is 1. The van der Waals surface area contributed by atoms with E-state index in [0.29, 0.717) is 6.61 Å². The topological polar surface area (TPSA) is 9.23 Å². The molecule has 0 saturated heterocycles. The molecule has 0 N–H and O–H groups in total. The maximum absolute atomic E-state index is 6.08. The molecule has 0 spiro atoms. The van der Waals surface area contributed by atoms with Crippen LogP contribution in [0.3, 0.4) is 0 Å². The number of para-hydroxylation sites is 1. The Hall–Kier alpha value is -2.80. The molecule has 1 heteroatoms. The monoisotopic (exact) mass is 312 g/mol. The molecule has 4 rings (SSSR count). The Morgan fingerprint density at radius 2 is 1.58 bits per heavy atom. The van der Waals surface area contributed by atoms with Gasteiger partial charge in [0.15, 0.2) is 0 Å². The summed E-state index contributed by atoms with van der Waals surface area (Å²) in [4.78, 5) is 0. The molecule has 0 saturated carbocycles. The van der Waals surface area contributed by atoms with Crippen molar-refractivity contribution in [1.82, 2.24) is 0 Å². The minimum Gasteiger partial charge on any atom is -0.488 e. The van der Waals surface area contributed by atoms with Crippen LogP contribution in [0.25, 0.3) is 11.1 Å². The highest BCUT2D eigenvalue weighted by Gasteiger charge is 2.20. The van der Waals surface area contributed by atoms with Crippen LogP contribution < -0.4 is 4.74 Å². The zero-order chi connectivity index (χ0) is 16.5. The highest BCUT2D eigenvalue weighted by atomic mass is 16.5. The number of allylic oxidation sites excluding steroid dienone is 1. The van der Waals surface area contributed by atoms with Crippen LogP contribution in [-0.2, 0) is 6.61 Å². The maximum atomic E-state index is 6.08. The van der Waals surface area contributed by atoms with Crippen LogP contribution in [0.4, 0.5) is 0 Å². The normalized spacial score (nSPS) is 14.9. The van der Waals surface area contributed by atoms with Crippen LogP contribution in [0, 0.1) is 6.92 Å². The summed E-state index contributed by atoms with van der Waals surface area (Å²) in [7, 11) is 0. The molecule has 0 bridgehead atoms. The van der Waals surface area contributed by atoms with Crippen molar-refractivity contribution in [2.24, 2.45) is 0 Å². The number of rotatable bonds is 1. The molecular formula is C23H20O. The van der Waals surface area contributed by atoms with Crippen LogP contribution in [0.5, 0.6) is 5.75 Å². The van der Waals surface area contributed by atoms with Crippen molar-refractivity contribution in [3.05, 3.63) is 101 Å². The lowest BCUT2D eigenvalue weighted by molar-refractivity contribution is 0.307. The van der Waals surface area contributed by atoms with Gasteiger partial charge in [-0.1, -0.05) is 72.3 Å². The van der Waals surface area contributed by atoms with E-state index in [-0.39, 0.29) is 0 Å². The van der Waals surface area contributed by atoms with E-state index in [1.165, 1.54) is 39.0 Å². The van der Waals surface area contributed by atoms with Crippen molar-refractivity contribution in [1.29, 1.82) is 0 Å². The summed E-state index contributed by atoms with van der Waals surface area (Å²) in [5, 5.41) is 0. The minimum atomic E-state index is 0.609. The Morgan fingerprint density at radius 1 is 0.833 bits per heavy atom. The molecule has 24 heavy (non-hydrogen) atoms. The molecule has 0 radical (unpaired) electrons. The van der Waals surface area contributed by atoms with E-state index in [9.17, 15) is 0 Å². The van der Waals surface area contributed by atoms with E-state index >= 15 is 0 Å². The zero-order valence-electron chi connectivity index (χ0n) is 14.0. The van der Waals surface area contributed by atoms with Crippen molar-refractivity contribution in [2.45, 2.75) is 20.5 Å². The average molecular weight is 312 g/mol. The van der Waals surface area contributed by atoms with Gasteiger partial charge in [0.25, 0.3) is 0 Å². The van der Waals surface area contributed by atoms with E-state index in [1.807, 2.05) is 6.07 Å². The summed E-state index contributed by atoms with van der Waals surface area (Å²) in [6, 6.07) is 25.6. The first-order valence-corrected chi connectivity index (χ1v) is 8.32. The molecule has 0 unspecified atom stereocenters. The van der Waals surface area contributed by atoms with Crippen LogP contribution in [0.2, 0.25) is 0 Å². The smallest absolute Gasteiger partial charge is 0.127 e. The van der Waals surface area contributed by atoms with Gasteiger partial charge in [0.05, 0.1) is 0 Å². The highest BCUT2D eigenvalue weighted by Crippen LogP contribution is 2.40. The molecule has 1 aliphatic heterocycles. The number of hydrogen-bond acceptors (Lipinski definition) is 1. The summed E-state index contributed by atoms with van der Waals surface area (Å²) in [5.41, 5.74) is 8.75. The molecule has 3 aromatic rings. The van der Waals surface area contributed by atoms with Crippen LogP contribution in [-0.4, -0.2) is 0 Å². The van der Waals surface area contributed by atoms with Crippen LogP contribution in [0.1, 0.15) is 34.7 Å². The van der Waals surface area contributed by atoms with E-state index < -0.39 is 0 Å². The molecule has 0 aromatic heterocycles. The Kier molecular flexibility index (Phi) is 3.70. The number of ether oxygens (including phenoxy) is 1. The average Bonchev–Trinajstić information content (AvgIpc) is 2.78. The van der Waals surface area contributed by atoms with Gasteiger partial charge >= 0.3 is 0 Å². The first-order valence-electron chi connectivity index (χ1n) is 8.32. The molecule has 1 aliphatic rings. The number of fused-ring (bicyclic) bond motifs is 2. The van der Waals surface area contributed by atoms with Gasteiger partial charge in [0.1, 0.15) is 12.4 Å². The lowest BCUT2D eigenvalue weighted by Crippen LogP contribution is -1.95. The molecule has 0 atom stereocenters. The van der Waals surface area contributed by atoms with Gasteiger partial charge in [0, 0.05) is 5.56 Å². The molecule has 0 aliphatic carbocycles. The predicted molar refractivity (Wildman–Crippen MR) is 100.0 cm³/mol. The maximum Gasteiger partial charge on any atom is 0.127 e. The summed E-state index contributed by atoms with van der Waals surface area (Å²) in [5.74, 6) is 0.954. The number of benzene rings is 3. The van der Waals surface area contributed by atoms with Gasteiger partial charge in [0.2, 0.25) is 0 Å². The first-order chi connectivity index (χ1) is 11.7. The SMILES string of the molecule is C/C(=C1/c2ccccc2COc2ccccc21)c1cccc(C)c1. The van der Waals surface area contributed by atoms with Crippen LogP contribution in [0.15, 0.2) is 72.8 Å². The predicted octanol–water partition coefficient (Wildman–Crippen LogP) is 5.87. The van der Waals surface area contributed by atoms with Crippen molar-refractivity contribution >= 4 is 11.1 Å². The van der Waals surface area contributed by atoms with Crippen molar-refractivity contribution in [3.8, 4) is 5.75 Å². The van der Waals surface area contributed by atoms with E-state index in [0.717, 1.165) is 5.75 Å². The second-order valence-electron chi connectivity index (χ2n) is 6.31. The van der Waals surface area contributed by atoms with E-state index in [2.05, 4.69) is 80.6 Å². The Balaban J connectivity index is 2.04. The highest BCUT2D eigenvalue weighted by molar-refractivity contribution is 6.00. The lowest BCUT2D eigenvalue weighted by atomic mass is 9.88. The summed E-state index contributed by atoms with van der Waals surface area (Å²) in [6.45, 7) is 4.96. The minimum absolute atomic E-state index is 0.609. The first kappa shape index (κ1) is 14.8. The summed E-state index contributed by atoms with van der Waals surface area (Å²) >= 11 is 0. The Bertz CT molecular complexity index is 885.